The summed E-state index contributed by atoms with van der Waals surface area (Å²) in [5.41, 5.74) is 2.03. The molecule has 0 bridgehead atoms. The zero-order chi connectivity index (χ0) is 21.1. The second-order valence-electron chi connectivity index (χ2n) is 8.98. The van der Waals surface area contributed by atoms with Gasteiger partial charge < -0.3 is 9.64 Å². The number of likely N-dealkylation sites (tertiary alicyclic amines) is 1. The molecular formula is C25H34N2O3. The number of carbonyl (C=O) groups is 2. The number of hydrogen-bond donors (Lipinski definition) is 0. The Morgan fingerprint density at radius 3 is 2.13 bits per heavy atom. The first-order valence-electron chi connectivity index (χ1n) is 11.7. The van der Waals surface area contributed by atoms with Crippen LogP contribution in [0.15, 0.2) is 30.0 Å². The first-order chi connectivity index (χ1) is 14.6. The van der Waals surface area contributed by atoms with Crippen molar-refractivity contribution in [1.82, 2.24) is 9.80 Å². The van der Waals surface area contributed by atoms with E-state index in [1.165, 1.54) is 12.8 Å². The number of nitrogens with zero attached hydrogens (tertiary/aromatic N) is 2. The Balaban J connectivity index is 1.70. The number of ether oxygens (including phenoxy) is 1. The summed E-state index contributed by atoms with van der Waals surface area (Å²) < 4.78 is 5.57. The van der Waals surface area contributed by atoms with Crippen LogP contribution in [0.3, 0.4) is 0 Å². The summed E-state index contributed by atoms with van der Waals surface area (Å²) in [4.78, 5) is 31.1. The van der Waals surface area contributed by atoms with E-state index >= 15 is 0 Å². The second kappa shape index (κ2) is 9.23. The Morgan fingerprint density at radius 1 is 0.900 bits per heavy atom. The molecule has 2 fully saturated rings. The zero-order valence-corrected chi connectivity index (χ0v) is 18.4. The lowest BCUT2D eigenvalue weighted by Gasteiger charge is -2.33. The van der Waals surface area contributed by atoms with Crippen molar-refractivity contribution in [2.75, 3.05) is 19.7 Å². The predicted molar refractivity (Wildman–Crippen MR) is 118 cm³/mol. The molecule has 2 aliphatic heterocycles. The van der Waals surface area contributed by atoms with Gasteiger partial charge >= 0.3 is 0 Å². The van der Waals surface area contributed by atoms with E-state index in [2.05, 4.69) is 11.8 Å². The SMILES string of the molecule is CCOc1ccc(C2=C(N3CCC(C)CC3)C(=O)N(C3CCCCCC3)C2=O)cc1. The molecule has 1 aromatic rings. The van der Waals surface area contributed by atoms with Gasteiger partial charge in [0.15, 0.2) is 0 Å². The molecule has 0 aromatic heterocycles. The highest BCUT2D eigenvalue weighted by Gasteiger charge is 2.45. The summed E-state index contributed by atoms with van der Waals surface area (Å²) in [5, 5.41) is 0. The van der Waals surface area contributed by atoms with Crippen molar-refractivity contribution in [1.29, 1.82) is 0 Å². The maximum atomic E-state index is 13.6. The first kappa shape index (κ1) is 21.0. The molecule has 5 heteroatoms. The number of imide groups is 1. The Kier molecular flexibility index (Phi) is 6.45. The summed E-state index contributed by atoms with van der Waals surface area (Å²) in [6.07, 6.45) is 8.56. The normalized spacial score (nSPS) is 22.1. The van der Waals surface area contributed by atoms with Crippen LogP contribution in [0.25, 0.3) is 5.57 Å². The third-order valence-electron chi connectivity index (χ3n) is 6.83. The molecule has 2 heterocycles. The Morgan fingerprint density at radius 2 is 1.53 bits per heavy atom. The number of piperidine rings is 1. The minimum Gasteiger partial charge on any atom is -0.494 e. The van der Waals surface area contributed by atoms with E-state index in [1.54, 1.807) is 4.90 Å². The van der Waals surface area contributed by atoms with Crippen LogP contribution in [-0.2, 0) is 9.59 Å². The van der Waals surface area contributed by atoms with E-state index in [1.807, 2.05) is 31.2 Å². The molecule has 0 unspecified atom stereocenters. The number of carbonyl (C=O) groups excluding carboxylic acids is 2. The molecule has 1 saturated heterocycles. The highest BCUT2D eigenvalue weighted by atomic mass is 16.5. The van der Waals surface area contributed by atoms with Crippen LogP contribution in [-0.4, -0.2) is 47.4 Å². The van der Waals surface area contributed by atoms with Gasteiger partial charge in [0.05, 0.1) is 12.2 Å². The van der Waals surface area contributed by atoms with Gasteiger partial charge in [0.1, 0.15) is 11.4 Å². The maximum absolute atomic E-state index is 13.6. The summed E-state index contributed by atoms with van der Waals surface area (Å²) in [5.74, 6) is 1.27. The predicted octanol–water partition coefficient (Wildman–Crippen LogP) is 4.62. The smallest absolute Gasteiger partial charge is 0.278 e. The highest BCUT2D eigenvalue weighted by molar-refractivity contribution is 6.35. The van der Waals surface area contributed by atoms with Crippen LogP contribution >= 0.6 is 0 Å². The van der Waals surface area contributed by atoms with Crippen LogP contribution in [0, 0.1) is 5.92 Å². The van der Waals surface area contributed by atoms with Gasteiger partial charge in [0.2, 0.25) is 0 Å². The monoisotopic (exact) mass is 410 g/mol. The molecule has 4 rings (SSSR count). The zero-order valence-electron chi connectivity index (χ0n) is 18.4. The van der Waals surface area contributed by atoms with Crippen LogP contribution in [0.5, 0.6) is 5.75 Å². The highest BCUT2D eigenvalue weighted by Crippen LogP contribution is 2.37. The topological polar surface area (TPSA) is 49.9 Å². The maximum Gasteiger partial charge on any atom is 0.278 e. The summed E-state index contributed by atoms with van der Waals surface area (Å²) in [6, 6.07) is 7.68. The van der Waals surface area contributed by atoms with Crippen molar-refractivity contribution in [3.8, 4) is 5.75 Å². The first-order valence-corrected chi connectivity index (χ1v) is 11.7. The third-order valence-corrected chi connectivity index (χ3v) is 6.83. The standard InChI is InChI=1S/C25H34N2O3/c1-3-30-21-12-10-19(11-13-21)22-23(26-16-14-18(2)15-17-26)25(29)27(24(22)28)20-8-6-4-5-7-9-20/h10-13,18,20H,3-9,14-17H2,1-2H3. The number of hydrogen-bond acceptors (Lipinski definition) is 4. The summed E-state index contributed by atoms with van der Waals surface area (Å²) >= 11 is 0. The molecule has 0 atom stereocenters. The van der Waals surface area contributed by atoms with Crippen molar-refractivity contribution in [2.24, 2.45) is 5.92 Å². The van der Waals surface area contributed by atoms with Gasteiger partial charge in [-0.05, 0) is 56.2 Å². The largest absolute Gasteiger partial charge is 0.494 e. The molecule has 0 N–H and O–H groups in total. The van der Waals surface area contributed by atoms with Gasteiger partial charge in [-0.25, -0.2) is 0 Å². The summed E-state index contributed by atoms with van der Waals surface area (Å²) in [7, 11) is 0. The van der Waals surface area contributed by atoms with Crippen molar-refractivity contribution in [3.05, 3.63) is 35.5 Å². The number of benzene rings is 1. The molecule has 2 amide bonds. The van der Waals surface area contributed by atoms with E-state index in [9.17, 15) is 9.59 Å². The molecule has 1 saturated carbocycles. The van der Waals surface area contributed by atoms with Gasteiger partial charge in [-0.15, -0.1) is 0 Å². The average molecular weight is 411 g/mol. The van der Waals surface area contributed by atoms with Crippen LogP contribution in [0.1, 0.15) is 70.8 Å². The molecule has 30 heavy (non-hydrogen) atoms. The van der Waals surface area contributed by atoms with Gasteiger partial charge in [-0.2, -0.15) is 0 Å². The van der Waals surface area contributed by atoms with Gasteiger partial charge in [0, 0.05) is 19.1 Å². The fraction of sp³-hybridized carbons (Fsp3) is 0.600. The molecule has 0 radical (unpaired) electrons. The van der Waals surface area contributed by atoms with E-state index in [-0.39, 0.29) is 17.9 Å². The number of rotatable bonds is 5. The minimum atomic E-state index is -0.107. The Hall–Kier alpha value is -2.30. The minimum absolute atomic E-state index is 0.0337. The van der Waals surface area contributed by atoms with E-state index in [0.29, 0.717) is 23.8 Å². The fourth-order valence-electron chi connectivity index (χ4n) is 5.05. The van der Waals surface area contributed by atoms with Crippen LogP contribution in [0.2, 0.25) is 0 Å². The molecule has 5 nitrogen and oxygen atoms in total. The van der Waals surface area contributed by atoms with Crippen LogP contribution in [0.4, 0.5) is 0 Å². The quantitative estimate of drug-likeness (QED) is 0.525. The lowest BCUT2D eigenvalue weighted by molar-refractivity contribution is -0.140. The molecule has 1 aliphatic carbocycles. The van der Waals surface area contributed by atoms with E-state index in [4.69, 9.17) is 4.74 Å². The second-order valence-corrected chi connectivity index (χ2v) is 8.98. The van der Waals surface area contributed by atoms with Crippen molar-refractivity contribution in [3.63, 3.8) is 0 Å². The van der Waals surface area contributed by atoms with Crippen molar-refractivity contribution in [2.45, 2.75) is 71.3 Å². The Bertz CT molecular complexity index is 798. The third kappa shape index (κ3) is 4.12. The van der Waals surface area contributed by atoms with Gasteiger partial charge in [-0.1, -0.05) is 44.7 Å². The van der Waals surface area contributed by atoms with Gasteiger partial charge in [0.25, 0.3) is 11.8 Å². The van der Waals surface area contributed by atoms with Crippen molar-refractivity contribution >= 4 is 17.4 Å². The molecule has 162 valence electrons. The molecule has 3 aliphatic rings. The van der Waals surface area contributed by atoms with E-state index < -0.39 is 0 Å². The molecular weight excluding hydrogens is 376 g/mol. The number of amides is 2. The molecule has 0 spiro atoms. The fourth-order valence-corrected chi connectivity index (χ4v) is 5.05. The van der Waals surface area contributed by atoms with Crippen LogP contribution < -0.4 is 4.74 Å². The Labute approximate surface area is 180 Å². The lowest BCUT2D eigenvalue weighted by atomic mass is 9.97. The average Bonchev–Trinajstić information content (AvgIpc) is 2.91. The van der Waals surface area contributed by atoms with E-state index in [0.717, 1.165) is 62.9 Å². The van der Waals surface area contributed by atoms with Crippen molar-refractivity contribution < 1.29 is 14.3 Å². The summed E-state index contributed by atoms with van der Waals surface area (Å²) in [6.45, 7) is 6.50. The van der Waals surface area contributed by atoms with Gasteiger partial charge in [-0.3, -0.25) is 14.5 Å². The molecule has 1 aromatic carbocycles. The lowest BCUT2D eigenvalue weighted by Crippen LogP contribution is -2.43.